The maximum Gasteiger partial charge on any atom is 0.412 e. The van der Waals surface area contributed by atoms with E-state index in [1.165, 1.54) is 0 Å². The second-order valence-electron chi connectivity index (χ2n) is 7.50. The summed E-state index contributed by atoms with van der Waals surface area (Å²) in [6.45, 7) is 10.5. The molecule has 0 saturated carbocycles. The summed E-state index contributed by atoms with van der Waals surface area (Å²) in [5.41, 5.74) is -1.17. The molecule has 1 atom stereocenters. The Morgan fingerprint density at radius 3 is 2.78 bits per heavy atom. The molecule has 23 heavy (non-hydrogen) atoms. The van der Waals surface area contributed by atoms with Gasteiger partial charge < -0.3 is 14.2 Å². The van der Waals surface area contributed by atoms with Gasteiger partial charge >= 0.3 is 6.09 Å². The zero-order chi connectivity index (χ0) is 17.1. The van der Waals surface area contributed by atoms with Crippen LogP contribution in [0.5, 0.6) is 0 Å². The molecule has 5 heteroatoms. The summed E-state index contributed by atoms with van der Waals surface area (Å²) in [4.78, 5) is 14.2. The summed E-state index contributed by atoms with van der Waals surface area (Å²) in [6, 6.07) is -0.0282. The highest BCUT2D eigenvalue weighted by Crippen LogP contribution is 2.31. The molecule has 0 spiro atoms. The number of allylic oxidation sites excluding steroid dienone is 4. The van der Waals surface area contributed by atoms with Gasteiger partial charge in [-0.15, -0.1) is 0 Å². The van der Waals surface area contributed by atoms with E-state index in [9.17, 15) is 4.79 Å². The summed E-state index contributed by atoms with van der Waals surface area (Å²) in [6.07, 6.45) is 8.52. The lowest BCUT2D eigenvalue weighted by Crippen LogP contribution is -2.50. The van der Waals surface area contributed by atoms with Crippen molar-refractivity contribution in [3.63, 3.8) is 0 Å². The number of hydrogen-bond acceptors (Lipinski definition) is 4. The Balaban J connectivity index is 1.92. The monoisotopic (exact) mass is 323 g/mol. The van der Waals surface area contributed by atoms with Crippen molar-refractivity contribution in [3.8, 4) is 0 Å². The van der Waals surface area contributed by atoms with Gasteiger partial charge in [0.25, 0.3) is 0 Å². The van der Waals surface area contributed by atoms with Crippen molar-refractivity contribution < 1.29 is 19.0 Å². The molecular weight excluding hydrogens is 294 g/mol. The van der Waals surface area contributed by atoms with E-state index >= 15 is 0 Å². The first-order valence-electron chi connectivity index (χ1n) is 8.34. The van der Waals surface area contributed by atoms with E-state index in [0.29, 0.717) is 13.2 Å². The lowest BCUT2D eigenvalue weighted by Gasteiger charge is -2.35. The molecule has 130 valence electrons. The van der Waals surface area contributed by atoms with Gasteiger partial charge in [-0.2, -0.15) is 0 Å². The number of rotatable bonds is 4. The molecule has 0 unspecified atom stereocenters. The first-order valence-corrected chi connectivity index (χ1v) is 8.34. The SMILES string of the molecule is CC(C)(C)OC(=O)N1[C@@H](CCOC2=CC=CCC2)COC1(C)C. The molecule has 0 aromatic rings. The van der Waals surface area contributed by atoms with Crippen LogP contribution in [0, 0.1) is 0 Å². The van der Waals surface area contributed by atoms with E-state index in [1.54, 1.807) is 4.90 Å². The maximum absolute atomic E-state index is 12.5. The first kappa shape index (κ1) is 17.9. The molecule has 1 aliphatic heterocycles. The maximum atomic E-state index is 12.5. The van der Waals surface area contributed by atoms with Crippen LogP contribution in [-0.4, -0.2) is 41.6 Å². The van der Waals surface area contributed by atoms with Crippen LogP contribution in [0.4, 0.5) is 4.79 Å². The van der Waals surface area contributed by atoms with Crippen molar-refractivity contribution >= 4 is 6.09 Å². The summed E-state index contributed by atoms with van der Waals surface area (Å²) < 4.78 is 17.1. The molecule has 1 aliphatic carbocycles. The van der Waals surface area contributed by atoms with Crippen LogP contribution >= 0.6 is 0 Å². The number of nitrogens with zero attached hydrogens (tertiary/aromatic N) is 1. The fourth-order valence-electron chi connectivity index (χ4n) is 2.80. The number of carbonyl (C=O) groups is 1. The van der Waals surface area contributed by atoms with Crippen LogP contribution in [0.25, 0.3) is 0 Å². The van der Waals surface area contributed by atoms with Gasteiger partial charge in [-0.05, 0) is 47.1 Å². The van der Waals surface area contributed by atoms with Crippen molar-refractivity contribution in [3.05, 3.63) is 24.0 Å². The molecule has 1 saturated heterocycles. The predicted molar refractivity (Wildman–Crippen MR) is 88.9 cm³/mol. The van der Waals surface area contributed by atoms with Gasteiger partial charge in [0.15, 0.2) is 0 Å². The zero-order valence-corrected chi connectivity index (χ0v) is 14.9. The van der Waals surface area contributed by atoms with Gasteiger partial charge in [-0.25, -0.2) is 4.79 Å². The van der Waals surface area contributed by atoms with E-state index in [-0.39, 0.29) is 12.1 Å². The van der Waals surface area contributed by atoms with E-state index < -0.39 is 11.3 Å². The Morgan fingerprint density at radius 2 is 2.17 bits per heavy atom. The summed E-state index contributed by atoms with van der Waals surface area (Å²) in [5, 5.41) is 0. The number of amides is 1. The lowest BCUT2D eigenvalue weighted by atomic mass is 10.1. The topological polar surface area (TPSA) is 48.0 Å². The number of hydrogen-bond donors (Lipinski definition) is 0. The minimum atomic E-state index is -0.653. The third kappa shape index (κ3) is 4.99. The predicted octanol–water partition coefficient (Wildman–Crippen LogP) is 4.00. The van der Waals surface area contributed by atoms with Gasteiger partial charge in [-0.1, -0.05) is 12.2 Å². The summed E-state index contributed by atoms with van der Waals surface area (Å²) >= 11 is 0. The van der Waals surface area contributed by atoms with Crippen LogP contribution in [0.2, 0.25) is 0 Å². The minimum Gasteiger partial charge on any atom is -0.498 e. The minimum absolute atomic E-state index is 0.0282. The Kier molecular flexibility index (Phi) is 5.40. The van der Waals surface area contributed by atoms with Gasteiger partial charge in [0.05, 0.1) is 25.0 Å². The Morgan fingerprint density at radius 1 is 1.43 bits per heavy atom. The fourth-order valence-corrected chi connectivity index (χ4v) is 2.80. The standard InChI is InChI=1S/C18H29NO4/c1-17(2,3)23-16(20)19-14(13-22-18(19,4)5)11-12-21-15-9-7-6-8-10-15/h6-7,9,14H,8,10-13H2,1-5H3/t14-/m0/s1. The quantitative estimate of drug-likeness (QED) is 0.784. The highest BCUT2D eigenvalue weighted by atomic mass is 16.6. The van der Waals surface area contributed by atoms with Gasteiger partial charge in [0.1, 0.15) is 11.3 Å². The molecule has 0 aromatic carbocycles. The van der Waals surface area contributed by atoms with Crippen LogP contribution in [0.15, 0.2) is 24.0 Å². The molecule has 0 radical (unpaired) electrons. The van der Waals surface area contributed by atoms with E-state index in [4.69, 9.17) is 14.2 Å². The molecule has 0 aromatic heterocycles. The van der Waals surface area contributed by atoms with E-state index in [1.807, 2.05) is 46.8 Å². The first-order chi connectivity index (χ1) is 10.7. The van der Waals surface area contributed by atoms with Crippen molar-refractivity contribution in [2.45, 2.75) is 71.2 Å². The molecule has 1 amide bonds. The third-order valence-electron chi connectivity index (χ3n) is 3.88. The molecule has 1 fully saturated rings. The lowest BCUT2D eigenvalue weighted by molar-refractivity contribution is -0.0630. The molecule has 5 nitrogen and oxygen atoms in total. The second-order valence-corrected chi connectivity index (χ2v) is 7.50. The van der Waals surface area contributed by atoms with Gasteiger partial charge in [-0.3, -0.25) is 4.90 Å². The van der Waals surface area contributed by atoms with Crippen LogP contribution < -0.4 is 0 Å². The zero-order valence-electron chi connectivity index (χ0n) is 14.9. The summed E-state index contributed by atoms with van der Waals surface area (Å²) in [5.74, 6) is 1.01. The smallest absolute Gasteiger partial charge is 0.412 e. The van der Waals surface area contributed by atoms with Crippen LogP contribution in [0.1, 0.15) is 53.9 Å². The fraction of sp³-hybridized carbons (Fsp3) is 0.722. The van der Waals surface area contributed by atoms with Crippen LogP contribution in [-0.2, 0) is 14.2 Å². The molecule has 0 bridgehead atoms. The molecule has 2 aliphatic rings. The average Bonchev–Trinajstić information content (AvgIpc) is 2.73. The van der Waals surface area contributed by atoms with Gasteiger partial charge in [0.2, 0.25) is 0 Å². The van der Waals surface area contributed by atoms with E-state index in [0.717, 1.165) is 25.0 Å². The summed E-state index contributed by atoms with van der Waals surface area (Å²) in [7, 11) is 0. The molecule has 0 N–H and O–H groups in total. The highest BCUT2D eigenvalue weighted by molar-refractivity contribution is 5.69. The molecular formula is C18H29NO4. The highest BCUT2D eigenvalue weighted by Gasteiger charge is 2.45. The largest absolute Gasteiger partial charge is 0.498 e. The Hall–Kier alpha value is -1.49. The van der Waals surface area contributed by atoms with Crippen molar-refractivity contribution in [1.29, 1.82) is 0 Å². The van der Waals surface area contributed by atoms with E-state index in [2.05, 4.69) is 6.08 Å². The molecule has 2 rings (SSSR count). The molecule has 1 heterocycles. The Bertz CT molecular complexity index is 488. The number of carbonyl (C=O) groups excluding carboxylic acids is 1. The number of ether oxygens (including phenoxy) is 3. The normalized spacial score (nSPS) is 23.6. The average molecular weight is 323 g/mol. The van der Waals surface area contributed by atoms with Crippen molar-refractivity contribution in [2.75, 3.05) is 13.2 Å². The van der Waals surface area contributed by atoms with Crippen molar-refractivity contribution in [1.82, 2.24) is 4.90 Å². The Labute approximate surface area is 139 Å². The second kappa shape index (κ2) is 6.95. The van der Waals surface area contributed by atoms with Crippen molar-refractivity contribution in [2.24, 2.45) is 0 Å². The van der Waals surface area contributed by atoms with Gasteiger partial charge in [0, 0.05) is 12.8 Å². The van der Waals surface area contributed by atoms with Crippen LogP contribution in [0.3, 0.4) is 0 Å². The third-order valence-corrected chi connectivity index (χ3v) is 3.88.